The molecule has 1 aromatic carbocycles. The first-order chi connectivity index (χ1) is 9.40. The lowest BCUT2D eigenvalue weighted by Crippen LogP contribution is -2.12. The molecule has 0 saturated carbocycles. The van der Waals surface area contributed by atoms with Crippen molar-refractivity contribution >= 4 is 11.9 Å². The van der Waals surface area contributed by atoms with Gasteiger partial charge in [0.05, 0.1) is 16.7 Å². The standard InChI is InChI=1S/C13H8FNO5/c14-10-2-1-6(12(17)18)3-8(10)9-4-7(13(19)20)5-15-11(9)16/h1-5H,(H,15,16)(H,17,18)(H,19,20). The van der Waals surface area contributed by atoms with Crippen molar-refractivity contribution in [3.63, 3.8) is 0 Å². The lowest BCUT2D eigenvalue weighted by molar-refractivity contribution is 0.0685. The number of hydrogen-bond acceptors (Lipinski definition) is 3. The molecule has 0 unspecified atom stereocenters. The van der Waals surface area contributed by atoms with Gasteiger partial charge in [0.15, 0.2) is 0 Å². The largest absolute Gasteiger partial charge is 0.478 e. The maximum Gasteiger partial charge on any atom is 0.337 e. The molecule has 0 radical (unpaired) electrons. The van der Waals surface area contributed by atoms with E-state index in [9.17, 15) is 18.8 Å². The Bertz CT molecular complexity index is 766. The molecule has 3 N–H and O–H groups in total. The number of hydrogen-bond donors (Lipinski definition) is 3. The van der Waals surface area contributed by atoms with Crippen molar-refractivity contribution in [2.45, 2.75) is 0 Å². The monoisotopic (exact) mass is 277 g/mol. The molecule has 1 aromatic heterocycles. The first-order valence-corrected chi connectivity index (χ1v) is 5.39. The average Bonchev–Trinajstić information content (AvgIpc) is 2.39. The summed E-state index contributed by atoms with van der Waals surface area (Å²) >= 11 is 0. The van der Waals surface area contributed by atoms with Crippen molar-refractivity contribution in [1.82, 2.24) is 4.98 Å². The summed E-state index contributed by atoms with van der Waals surface area (Å²) in [5.41, 5.74) is -1.67. The minimum Gasteiger partial charge on any atom is -0.478 e. The van der Waals surface area contributed by atoms with Crippen LogP contribution in [0.15, 0.2) is 35.3 Å². The Labute approximate surface area is 111 Å². The Hall–Kier alpha value is -2.96. The van der Waals surface area contributed by atoms with Crippen LogP contribution in [0, 0.1) is 5.82 Å². The number of carboxylic acids is 2. The first kappa shape index (κ1) is 13.5. The first-order valence-electron chi connectivity index (χ1n) is 5.39. The number of pyridine rings is 1. The smallest absolute Gasteiger partial charge is 0.337 e. The molecule has 0 bridgehead atoms. The zero-order chi connectivity index (χ0) is 14.9. The van der Waals surface area contributed by atoms with Gasteiger partial charge < -0.3 is 15.2 Å². The summed E-state index contributed by atoms with van der Waals surface area (Å²) in [6, 6.07) is 3.93. The van der Waals surface area contributed by atoms with E-state index in [2.05, 4.69) is 4.98 Å². The number of rotatable bonds is 3. The Morgan fingerprint density at radius 2 is 1.60 bits per heavy atom. The van der Waals surface area contributed by atoms with Gasteiger partial charge in [-0.1, -0.05) is 0 Å². The molecule has 102 valence electrons. The van der Waals surface area contributed by atoms with Gasteiger partial charge in [-0.15, -0.1) is 0 Å². The van der Waals surface area contributed by atoms with Gasteiger partial charge in [0.2, 0.25) is 0 Å². The molecular weight excluding hydrogens is 269 g/mol. The number of benzene rings is 1. The van der Waals surface area contributed by atoms with Crippen LogP contribution in [0.4, 0.5) is 4.39 Å². The second kappa shape index (κ2) is 4.96. The van der Waals surface area contributed by atoms with E-state index in [-0.39, 0.29) is 22.3 Å². The van der Waals surface area contributed by atoms with E-state index in [0.717, 1.165) is 30.5 Å². The van der Waals surface area contributed by atoms with Gasteiger partial charge in [0.1, 0.15) is 5.82 Å². The van der Waals surface area contributed by atoms with Crippen LogP contribution < -0.4 is 5.56 Å². The zero-order valence-corrected chi connectivity index (χ0v) is 9.88. The molecule has 0 amide bonds. The fourth-order valence-electron chi connectivity index (χ4n) is 1.67. The van der Waals surface area contributed by atoms with Crippen LogP contribution in [0.3, 0.4) is 0 Å². The molecule has 0 saturated heterocycles. The van der Waals surface area contributed by atoms with Gasteiger partial charge in [-0.25, -0.2) is 14.0 Å². The lowest BCUT2D eigenvalue weighted by Gasteiger charge is -2.05. The average molecular weight is 277 g/mol. The van der Waals surface area contributed by atoms with Gasteiger partial charge in [0.25, 0.3) is 5.56 Å². The minimum atomic E-state index is -1.29. The fraction of sp³-hybridized carbons (Fsp3) is 0. The van der Waals surface area contributed by atoms with Crippen LogP contribution in [0.1, 0.15) is 20.7 Å². The topological polar surface area (TPSA) is 107 Å². The summed E-state index contributed by atoms with van der Waals surface area (Å²) in [4.78, 5) is 35.5. The maximum absolute atomic E-state index is 13.7. The second-order valence-electron chi connectivity index (χ2n) is 3.94. The van der Waals surface area contributed by atoms with Crippen LogP contribution in [0.5, 0.6) is 0 Å². The lowest BCUT2D eigenvalue weighted by atomic mass is 10.0. The Kier molecular flexibility index (Phi) is 3.34. The molecular formula is C13H8FNO5. The minimum absolute atomic E-state index is 0.207. The normalized spacial score (nSPS) is 10.2. The van der Waals surface area contributed by atoms with Crippen LogP contribution in [-0.4, -0.2) is 27.1 Å². The van der Waals surface area contributed by atoms with E-state index in [1.54, 1.807) is 0 Å². The highest BCUT2D eigenvalue weighted by atomic mass is 19.1. The van der Waals surface area contributed by atoms with E-state index in [4.69, 9.17) is 10.2 Å². The quantitative estimate of drug-likeness (QED) is 0.789. The number of halogens is 1. The number of aromatic carboxylic acids is 2. The van der Waals surface area contributed by atoms with Crippen LogP contribution >= 0.6 is 0 Å². The summed E-state index contributed by atoms with van der Waals surface area (Å²) in [5.74, 6) is -3.39. The molecule has 0 fully saturated rings. The molecule has 0 atom stereocenters. The second-order valence-corrected chi connectivity index (χ2v) is 3.94. The molecule has 7 heteroatoms. The predicted molar refractivity (Wildman–Crippen MR) is 66.4 cm³/mol. The number of aromatic amines is 1. The highest BCUT2D eigenvalue weighted by molar-refractivity contribution is 5.91. The zero-order valence-electron chi connectivity index (χ0n) is 9.88. The summed E-state index contributed by atoms with van der Waals surface area (Å²) < 4.78 is 13.7. The fourth-order valence-corrected chi connectivity index (χ4v) is 1.67. The number of carboxylic acid groups (broad SMARTS) is 2. The third-order valence-corrected chi connectivity index (χ3v) is 2.65. The number of aromatic nitrogens is 1. The number of nitrogens with one attached hydrogen (secondary N) is 1. The molecule has 2 rings (SSSR count). The molecule has 2 aromatic rings. The number of carbonyl (C=O) groups is 2. The molecule has 0 spiro atoms. The highest BCUT2D eigenvalue weighted by Gasteiger charge is 2.15. The van der Waals surface area contributed by atoms with Crippen molar-refractivity contribution in [1.29, 1.82) is 0 Å². The highest BCUT2D eigenvalue weighted by Crippen LogP contribution is 2.22. The summed E-state index contributed by atoms with van der Waals surface area (Å²) in [7, 11) is 0. The summed E-state index contributed by atoms with van der Waals surface area (Å²) in [6.07, 6.45) is 0.979. The van der Waals surface area contributed by atoms with Gasteiger partial charge in [-0.2, -0.15) is 0 Å². The molecule has 0 aliphatic carbocycles. The van der Waals surface area contributed by atoms with Gasteiger partial charge in [-0.3, -0.25) is 4.79 Å². The maximum atomic E-state index is 13.7. The van der Waals surface area contributed by atoms with Gasteiger partial charge >= 0.3 is 11.9 Å². The third kappa shape index (κ3) is 2.41. The van der Waals surface area contributed by atoms with E-state index < -0.39 is 23.3 Å². The van der Waals surface area contributed by atoms with Crippen LogP contribution in [-0.2, 0) is 0 Å². The number of H-pyrrole nitrogens is 1. The van der Waals surface area contributed by atoms with Crippen LogP contribution in [0.2, 0.25) is 0 Å². The SMILES string of the molecule is O=C(O)c1ccc(F)c(-c2cc(C(=O)O)c[nH]c2=O)c1. The van der Waals surface area contributed by atoms with E-state index in [1.807, 2.05) is 0 Å². The molecule has 0 aliphatic heterocycles. The van der Waals surface area contributed by atoms with Crippen molar-refractivity contribution in [3.8, 4) is 11.1 Å². The molecule has 1 heterocycles. The van der Waals surface area contributed by atoms with Crippen molar-refractivity contribution in [2.75, 3.05) is 0 Å². The van der Waals surface area contributed by atoms with Crippen molar-refractivity contribution in [3.05, 3.63) is 57.8 Å². The molecule has 6 nitrogen and oxygen atoms in total. The summed E-state index contributed by atoms with van der Waals surface area (Å²) in [5, 5.41) is 17.7. The Morgan fingerprint density at radius 1 is 1.00 bits per heavy atom. The predicted octanol–water partition coefficient (Wildman–Crippen LogP) is 1.58. The van der Waals surface area contributed by atoms with E-state index in [0.29, 0.717) is 0 Å². The van der Waals surface area contributed by atoms with Gasteiger partial charge in [0, 0.05) is 11.8 Å². The van der Waals surface area contributed by atoms with Crippen LogP contribution in [0.25, 0.3) is 11.1 Å². The van der Waals surface area contributed by atoms with E-state index in [1.165, 1.54) is 0 Å². The Morgan fingerprint density at radius 3 is 2.20 bits per heavy atom. The third-order valence-electron chi connectivity index (χ3n) is 2.65. The Balaban J connectivity index is 2.70. The van der Waals surface area contributed by atoms with Gasteiger partial charge in [-0.05, 0) is 24.3 Å². The van der Waals surface area contributed by atoms with Crippen molar-refractivity contribution in [2.24, 2.45) is 0 Å². The summed E-state index contributed by atoms with van der Waals surface area (Å²) in [6.45, 7) is 0. The molecule has 20 heavy (non-hydrogen) atoms. The van der Waals surface area contributed by atoms with E-state index >= 15 is 0 Å². The molecule has 0 aliphatic rings. The van der Waals surface area contributed by atoms with Crippen molar-refractivity contribution < 1.29 is 24.2 Å².